The van der Waals surface area contributed by atoms with Crippen LogP contribution < -0.4 is 9.04 Å². The molecule has 0 atom stereocenters. The topological polar surface area (TPSA) is 82.6 Å². The molecule has 0 fully saturated rings. The van der Waals surface area contributed by atoms with Crippen molar-refractivity contribution < 1.29 is 32.0 Å². The summed E-state index contributed by atoms with van der Waals surface area (Å²) in [7, 11) is -1.67. The highest BCUT2D eigenvalue weighted by atomic mass is 32.3. The number of thiol groups is 1. The number of aromatic amines is 1. The van der Waals surface area contributed by atoms with Crippen LogP contribution in [0, 0.1) is 0 Å². The molecule has 146 valence electrons. The Morgan fingerprint density at radius 1 is 1.33 bits per heavy atom. The van der Waals surface area contributed by atoms with E-state index in [1.807, 2.05) is 0 Å². The molecule has 0 saturated carbocycles. The predicted molar refractivity (Wildman–Crippen MR) is 98.4 cm³/mol. The fourth-order valence-electron chi connectivity index (χ4n) is 2.62. The average Bonchev–Trinajstić information content (AvgIpc) is 3.21. The molecule has 0 aliphatic heterocycles. The number of nitrogens with one attached hydrogen (secondary N) is 1. The van der Waals surface area contributed by atoms with Crippen LogP contribution in [-0.2, 0) is 10.1 Å². The van der Waals surface area contributed by atoms with Crippen LogP contribution in [0.15, 0.2) is 39.9 Å². The van der Waals surface area contributed by atoms with Gasteiger partial charge < -0.3 is 19.1 Å². The summed E-state index contributed by atoms with van der Waals surface area (Å²) in [6, 6.07) is 6.76. The minimum Gasteiger partial charge on any atom is -0.477 e. The standard InChI is InChI=1S/C16H15F3N2O4S2/c1-21(27(2,24)13-4-3-5-26-13)12-8-10(25-16(17,18)19)6-9-7-11(15(22)23)20-14(9)12/h3-8,20,27H,1-2H3,(H,22,23). The van der Waals surface area contributed by atoms with Crippen molar-refractivity contribution in [3.8, 4) is 5.75 Å². The number of carbonyl (C=O) groups is 1. The third-order valence-corrected chi connectivity index (χ3v) is 8.31. The molecule has 2 aromatic heterocycles. The smallest absolute Gasteiger partial charge is 0.477 e. The van der Waals surface area contributed by atoms with Gasteiger partial charge in [-0.05, 0) is 33.7 Å². The molecule has 2 N–H and O–H groups in total. The first-order valence-corrected chi connectivity index (χ1v) is 10.5. The lowest BCUT2D eigenvalue weighted by Gasteiger charge is -2.32. The lowest BCUT2D eigenvalue weighted by molar-refractivity contribution is -0.274. The van der Waals surface area contributed by atoms with E-state index in [0.717, 1.165) is 12.1 Å². The summed E-state index contributed by atoms with van der Waals surface area (Å²) in [5.74, 6) is -1.80. The second-order valence-electron chi connectivity index (χ2n) is 5.80. The van der Waals surface area contributed by atoms with Gasteiger partial charge in [0.25, 0.3) is 0 Å². The SMILES string of the molecule is CN(c1cc(OC(F)(F)F)cc2cc(C(=O)O)[nH]c12)[SH](C)(=O)c1cccs1. The minimum absolute atomic E-state index is 0.137. The van der Waals surface area contributed by atoms with Crippen molar-refractivity contribution in [2.75, 3.05) is 17.6 Å². The van der Waals surface area contributed by atoms with Crippen LogP contribution in [0.5, 0.6) is 5.75 Å². The molecule has 2 heterocycles. The minimum atomic E-state index is -4.92. The molecule has 1 aromatic carbocycles. The van der Waals surface area contributed by atoms with Gasteiger partial charge in [-0.15, -0.1) is 24.5 Å². The van der Waals surface area contributed by atoms with E-state index in [1.165, 1.54) is 35.0 Å². The van der Waals surface area contributed by atoms with Crippen molar-refractivity contribution in [3.63, 3.8) is 0 Å². The Bertz CT molecular complexity index is 1040. The van der Waals surface area contributed by atoms with E-state index in [1.54, 1.807) is 17.5 Å². The molecule has 0 aliphatic rings. The van der Waals surface area contributed by atoms with Crippen LogP contribution in [-0.4, -0.2) is 39.9 Å². The number of rotatable bonds is 5. The number of hydrogen-bond acceptors (Lipinski definition) is 4. The second kappa shape index (κ2) is 6.57. The number of thiophene rings is 1. The van der Waals surface area contributed by atoms with Gasteiger partial charge in [-0.25, -0.2) is 4.79 Å². The highest BCUT2D eigenvalue weighted by Gasteiger charge is 2.32. The zero-order valence-electron chi connectivity index (χ0n) is 14.1. The fourth-order valence-corrected chi connectivity index (χ4v) is 5.63. The maximum atomic E-state index is 13.3. The molecular weight excluding hydrogens is 405 g/mol. The maximum absolute atomic E-state index is 13.3. The quantitative estimate of drug-likeness (QED) is 0.547. The summed E-state index contributed by atoms with van der Waals surface area (Å²) in [4.78, 5) is 13.9. The zero-order valence-corrected chi connectivity index (χ0v) is 15.8. The summed E-state index contributed by atoms with van der Waals surface area (Å²) in [5.41, 5.74) is 0.187. The number of fused-ring (bicyclic) bond motifs is 1. The Balaban J connectivity index is 2.19. The largest absolute Gasteiger partial charge is 0.573 e. The number of aromatic carboxylic acids is 1. The third-order valence-electron chi connectivity index (χ3n) is 3.98. The van der Waals surface area contributed by atoms with E-state index in [2.05, 4.69) is 9.72 Å². The van der Waals surface area contributed by atoms with Crippen molar-refractivity contribution >= 4 is 44.0 Å². The number of halogens is 3. The van der Waals surface area contributed by atoms with E-state index in [9.17, 15) is 27.3 Å². The van der Waals surface area contributed by atoms with Crippen LogP contribution in [0.1, 0.15) is 10.5 Å². The number of benzene rings is 1. The number of alkyl halides is 3. The predicted octanol–water partition coefficient (Wildman–Crippen LogP) is 3.88. The van der Waals surface area contributed by atoms with Crippen molar-refractivity contribution in [1.29, 1.82) is 0 Å². The Labute approximate surface area is 156 Å². The van der Waals surface area contributed by atoms with Crippen LogP contribution in [0.3, 0.4) is 0 Å². The molecule has 27 heavy (non-hydrogen) atoms. The van der Waals surface area contributed by atoms with Crippen LogP contribution in [0.25, 0.3) is 10.9 Å². The van der Waals surface area contributed by atoms with Gasteiger partial charge in [0, 0.05) is 24.8 Å². The molecule has 0 aliphatic carbocycles. The second-order valence-corrected chi connectivity index (χ2v) is 9.89. The normalized spacial score (nSPS) is 12.9. The number of ether oxygens (including phenoxy) is 1. The van der Waals surface area contributed by atoms with E-state index >= 15 is 0 Å². The molecule has 3 aromatic rings. The van der Waals surface area contributed by atoms with Crippen molar-refractivity contribution in [2.45, 2.75) is 10.6 Å². The van der Waals surface area contributed by atoms with Gasteiger partial charge in [0.1, 0.15) is 11.4 Å². The third kappa shape index (κ3) is 3.78. The highest BCUT2D eigenvalue weighted by molar-refractivity contribution is 8.05. The molecule has 11 heteroatoms. The molecule has 6 nitrogen and oxygen atoms in total. The summed E-state index contributed by atoms with van der Waals surface area (Å²) in [5, 5.41) is 11.1. The first-order valence-electron chi connectivity index (χ1n) is 7.50. The molecule has 0 unspecified atom stereocenters. The molecule has 0 bridgehead atoms. The lowest BCUT2D eigenvalue weighted by atomic mass is 10.2. The highest BCUT2D eigenvalue weighted by Crippen LogP contribution is 2.38. The molecule has 0 radical (unpaired) electrons. The van der Waals surface area contributed by atoms with Gasteiger partial charge in [-0.1, -0.05) is 6.07 Å². The summed E-state index contributed by atoms with van der Waals surface area (Å²) in [6.07, 6.45) is -3.43. The van der Waals surface area contributed by atoms with Crippen molar-refractivity contribution in [1.82, 2.24) is 4.98 Å². The molecule has 0 spiro atoms. The van der Waals surface area contributed by atoms with Gasteiger partial charge in [0.05, 0.1) is 15.4 Å². The fraction of sp³-hybridized carbons (Fsp3) is 0.188. The van der Waals surface area contributed by atoms with Gasteiger partial charge in [0.15, 0.2) is 0 Å². The number of hydrogen-bond donors (Lipinski definition) is 3. The van der Waals surface area contributed by atoms with Crippen LogP contribution >= 0.6 is 11.3 Å². The Kier molecular flexibility index (Phi) is 4.68. The van der Waals surface area contributed by atoms with E-state index in [4.69, 9.17) is 0 Å². The Morgan fingerprint density at radius 3 is 2.59 bits per heavy atom. The number of H-pyrrole nitrogens is 1. The number of carboxylic acids is 1. The van der Waals surface area contributed by atoms with Crippen LogP contribution in [0.2, 0.25) is 0 Å². The van der Waals surface area contributed by atoms with Gasteiger partial charge >= 0.3 is 12.3 Å². The lowest BCUT2D eigenvalue weighted by Crippen LogP contribution is -2.32. The summed E-state index contributed by atoms with van der Waals surface area (Å²) < 4.78 is 57.2. The van der Waals surface area contributed by atoms with Crippen molar-refractivity contribution in [2.24, 2.45) is 0 Å². The van der Waals surface area contributed by atoms with E-state index in [0.29, 0.717) is 4.21 Å². The summed E-state index contributed by atoms with van der Waals surface area (Å²) >= 11 is 1.26. The van der Waals surface area contributed by atoms with Gasteiger partial charge in [0.2, 0.25) is 0 Å². The maximum Gasteiger partial charge on any atom is 0.573 e. The zero-order chi connectivity index (χ0) is 20.0. The van der Waals surface area contributed by atoms with Crippen LogP contribution in [0.4, 0.5) is 18.9 Å². The van der Waals surface area contributed by atoms with Crippen molar-refractivity contribution in [3.05, 3.63) is 41.4 Å². The molecular formula is C16H15F3N2O4S2. The first-order chi connectivity index (χ1) is 12.5. The summed E-state index contributed by atoms with van der Waals surface area (Å²) in [6.45, 7) is 0. The van der Waals surface area contributed by atoms with E-state index in [-0.39, 0.29) is 22.3 Å². The Hall–Kier alpha value is -2.53. The van der Waals surface area contributed by atoms with Gasteiger partial charge in [-0.3, -0.25) is 4.21 Å². The number of nitrogens with zero attached hydrogens (tertiary/aromatic N) is 1. The van der Waals surface area contributed by atoms with E-state index < -0.39 is 28.2 Å². The number of aromatic nitrogens is 1. The molecule has 0 saturated heterocycles. The Morgan fingerprint density at radius 2 is 2.04 bits per heavy atom. The average molecular weight is 420 g/mol. The number of carboxylic acid groups (broad SMARTS) is 1. The first kappa shape index (κ1) is 19.2. The monoisotopic (exact) mass is 420 g/mol. The number of anilines is 1. The molecule has 3 rings (SSSR count). The molecule has 0 amide bonds. The van der Waals surface area contributed by atoms with Gasteiger partial charge in [-0.2, -0.15) is 0 Å².